The van der Waals surface area contributed by atoms with E-state index in [1.54, 1.807) is 26.8 Å². The number of ether oxygens (including phenoxy) is 3. The van der Waals surface area contributed by atoms with Gasteiger partial charge in [0, 0.05) is 12.5 Å². The van der Waals surface area contributed by atoms with Gasteiger partial charge < -0.3 is 19.5 Å². The summed E-state index contributed by atoms with van der Waals surface area (Å²) >= 11 is 4.73. The van der Waals surface area contributed by atoms with Crippen LogP contribution in [0.2, 0.25) is 0 Å². The molecule has 1 aliphatic rings. The van der Waals surface area contributed by atoms with E-state index < -0.39 is 34.8 Å². The minimum absolute atomic E-state index is 0.265. The third kappa shape index (κ3) is 8.56. The zero-order chi connectivity index (χ0) is 24.7. The molecule has 0 aliphatic heterocycles. The highest BCUT2D eigenvalue weighted by Gasteiger charge is 2.27. The van der Waals surface area contributed by atoms with Crippen molar-refractivity contribution >= 4 is 24.7 Å². The lowest BCUT2D eigenvalue weighted by Crippen LogP contribution is -2.37. The Morgan fingerprint density at radius 3 is 2.50 bits per heavy atom. The molecule has 2 atom stereocenters. The molecular weight excluding hydrogens is 457 g/mol. The van der Waals surface area contributed by atoms with E-state index in [0.29, 0.717) is 18.3 Å². The van der Waals surface area contributed by atoms with Gasteiger partial charge in [-0.3, -0.25) is 4.79 Å². The van der Waals surface area contributed by atoms with Crippen LogP contribution in [0.5, 0.6) is 5.75 Å². The van der Waals surface area contributed by atoms with E-state index >= 15 is 0 Å². The van der Waals surface area contributed by atoms with Gasteiger partial charge in [0.25, 0.3) is 0 Å². The van der Waals surface area contributed by atoms with Crippen LogP contribution in [0.25, 0.3) is 0 Å². The maximum absolute atomic E-state index is 13.9. The Morgan fingerprint density at radius 1 is 1.15 bits per heavy atom. The van der Waals surface area contributed by atoms with E-state index in [9.17, 15) is 14.0 Å². The summed E-state index contributed by atoms with van der Waals surface area (Å²) < 4.78 is 30.7. The highest BCUT2D eigenvalue weighted by atomic mass is 32.1. The minimum Gasteiger partial charge on any atom is -0.493 e. The summed E-state index contributed by atoms with van der Waals surface area (Å²) in [6.45, 7) is 5.38. The number of rotatable bonds is 10. The lowest BCUT2D eigenvalue weighted by atomic mass is 9.99. The third-order valence-corrected chi connectivity index (χ3v) is 5.80. The van der Waals surface area contributed by atoms with Crippen molar-refractivity contribution in [2.75, 3.05) is 13.2 Å². The molecule has 0 aromatic heterocycles. The maximum atomic E-state index is 13.9. The SMILES string of the molecule is CC(C)(C)OC(=O)NCC(=O)OC(Cc1ccc(F)cc1OCC1CC1)C(S)c1ccccc1. The first-order valence-electron chi connectivity index (χ1n) is 11.4. The number of halogens is 1. The van der Waals surface area contributed by atoms with Crippen molar-refractivity contribution in [3.63, 3.8) is 0 Å². The number of amides is 1. The number of alkyl carbamates (subject to hydrolysis) is 1. The minimum atomic E-state index is -0.708. The van der Waals surface area contributed by atoms with Gasteiger partial charge in [0.15, 0.2) is 0 Å². The van der Waals surface area contributed by atoms with E-state index in [1.807, 2.05) is 30.3 Å². The molecule has 2 unspecified atom stereocenters. The standard InChI is InChI=1S/C26H32FNO5S/c1-26(2,3)33-25(30)28-15-23(29)32-22(24(34)18-7-5-4-6-8-18)13-19-11-12-20(27)14-21(19)31-16-17-9-10-17/h4-8,11-12,14,17,22,24,34H,9-10,13,15-16H2,1-3H3,(H,28,30). The molecule has 0 radical (unpaired) electrons. The van der Waals surface area contributed by atoms with Gasteiger partial charge in [-0.05, 0) is 56.7 Å². The van der Waals surface area contributed by atoms with E-state index in [0.717, 1.165) is 24.0 Å². The van der Waals surface area contributed by atoms with E-state index in [4.69, 9.17) is 26.8 Å². The van der Waals surface area contributed by atoms with Crippen molar-refractivity contribution in [1.82, 2.24) is 5.32 Å². The van der Waals surface area contributed by atoms with Gasteiger partial charge in [0.05, 0.1) is 11.9 Å². The first kappa shape index (κ1) is 25.9. The molecule has 3 rings (SSSR count). The van der Waals surface area contributed by atoms with Gasteiger partial charge in [0.1, 0.15) is 29.8 Å². The van der Waals surface area contributed by atoms with Crippen LogP contribution in [-0.2, 0) is 20.7 Å². The number of benzene rings is 2. The number of hydrogen-bond donors (Lipinski definition) is 2. The Balaban J connectivity index is 1.72. The van der Waals surface area contributed by atoms with Gasteiger partial charge >= 0.3 is 12.1 Å². The van der Waals surface area contributed by atoms with Gasteiger partial charge in [-0.1, -0.05) is 36.4 Å². The molecule has 2 aromatic carbocycles. The van der Waals surface area contributed by atoms with E-state index in [2.05, 4.69) is 5.32 Å². The van der Waals surface area contributed by atoms with Crippen molar-refractivity contribution in [3.05, 3.63) is 65.5 Å². The molecule has 34 heavy (non-hydrogen) atoms. The molecular formula is C26H32FNO5S. The maximum Gasteiger partial charge on any atom is 0.408 e. The first-order valence-corrected chi connectivity index (χ1v) is 11.9. The van der Waals surface area contributed by atoms with Crippen LogP contribution in [0.3, 0.4) is 0 Å². The molecule has 1 amide bonds. The molecule has 0 saturated heterocycles. The second-order valence-electron chi connectivity index (χ2n) is 9.45. The van der Waals surface area contributed by atoms with Crippen molar-refractivity contribution in [2.45, 2.75) is 57.0 Å². The van der Waals surface area contributed by atoms with Crippen LogP contribution in [0.15, 0.2) is 48.5 Å². The molecule has 0 bridgehead atoms. The topological polar surface area (TPSA) is 73.9 Å². The van der Waals surface area contributed by atoms with Gasteiger partial charge in [-0.2, -0.15) is 12.6 Å². The lowest BCUT2D eigenvalue weighted by molar-refractivity contribution is -0.148. The van der Waals surface area contributed by atoms with Crippen LogP contribution in [-0.4, -0.2) is 36.9 Å². The highest BCUT2D eigenvalue weighted by molar-refractivity contribution is 7.80. The zero-order valence-corrected chi connectivity index (χ0v) is 20.6. The number of hydrogen-bond acceptors (Lipinski definition) is 6. The summed E-state index contributed by atoms with van der Waals surface area (Å²) in [5, 5.41) is 1.96. The smallest absolute Gasteiger partial charge is 0.408 e. The summed E-state index contributed by atoms with van der Waals surface area (Å²) in [6, 6.07) is 13.8. The summed E-state index contributed by atoms with van der Waals surface area (Å²) in [5.41, 5.74) is 0.903. The number of carbonyl (C=O) groups excluding carboxylic acids is 2. The van der Waals surface area contributed by atoms with Crippen molar-refractivity contribution in [2.24, 2.45) is 5.92 Å². The molecule has 1 aliphatic carbocycles. The average Bonchev–Trinajstić information content (AvgIpc) is 3.61. The molecule has 0 spiro atoms. The van der Waals surface area contributed by atoms with Crippen LogP contribution in [0.4, 0.5) is 9.18 Å². The Kier molecular flexibility index (Phi) is 8.83. The molecule has 2 aromatic rings. The summed E-state index contributed by atoms with van der Waals surface area (Å²) in [7, 11) is 0. The van der Waals surface area contributed by atoms with E-state index in [1.165, 1.54) is 12.1 Å². The molecule has 6 nitrogen and oxygen atoms in total. The second kappa shape index (κ2) is 11.6. The fourth-order valence-electron chi connectivity index (χ4n) is 3.29. The predicted octanol–water partition coefficient (Wildman–Crippen LogP) is 5.26. The quantitative estimate of drug-likeness (QED) is 0.352. The average molecular weight is 490 g/mol. The monoisotopic (exact) mass is 489 g/mol. The molecule has 184 valence electrons. The van der Waals surface area contributed by atoms with Crippen LogP contribution in [0, 0.1) is 11.7 Å². The Hall–Kier alpha value is -2.74. The first-order chi connectivity index (χ1) is 16.1. The van der Waals surface area contributed by atoms with Crippen molar-refractivity contribution in [3.8, 4) is 5.75 Å². The zero-order valence-electron chi connectivity index (χ0n) is 19.8. The summed E-state index contributed by atoms with van der Waals surface area (Å²) in [4.78, 5) is 24.5. The van der Waals surface area contributed by atoms with Gasteiger partial charge in [0.2, 0.25) is 0 Å². The predicted molar refractivity (Wildman–Crippen MR) is 131 cm³/mol. The number of esters is 1. The van der Waals surface area contributed by atoms with Crippen LogP contribution < -0.4 is 10.1 Å². The Labute approximate surface area is 205 Å². The third-order valence-electron chi connectivity index (χ3n) is 5.17. The Bertz CT molecular complexity index is 975. The van der Waals surface area contributed by atoms with Gasteiger partial charge in [-0.25, -0.2) is 9.18 Å². The fraction of sp³-hybridized carbons (Fsp3) is 0.462. The van der Waals surface area contributed by atoms with Gasteiger partial charge in [-0.15, -0.1) is 0 Å². The normalized spacial score (nSPS) is 15.2. The van der Waals surface area contributed by atoms with E-state index in [-0.39, 0.29) is 13.0 Å². The van der Waals surface area contributed by atoms with Crippen LogP contribution in [0.1, 0.15) is 50.0 Å². The molecule has 8 heteroatoms. The number of carbonyl (C=O) groups is 2. The molecule has 0 heterocycles. The van der Waals surface area contributed by atoms with Crippen LogP contribution >= 0.6 is 12.6 Å². The molecule has 1 fully saturated rings. The molecule has 1 saturated carbocycles. The largest absolute Gasteiger partial charge is 0.493 e. The number of nitrogens with one attached hydrogen (secondary N) is 1. The fourth-order valence-corrected chi connectivity index (χ4v) is 3.63. The molecule has 1 N–H and O–H groups in total. The number of thiol groups is 1. The summed E-state index contributed by atoms with van der Waals surface area (Å²) in [6.07, 6.45) is 1.10. The van der Waals surface area contributed by atoms with Crippen molar-refractivity contribution in [1.29, 1.82) is 0 Å². The lowest BCUT2D eigenvalue weighted by Gasteiger charge is -2.25. The highest BCUT2D eigenvalue weighted by Crippen LogP contribution is 2.33. The summed E-state index contributed by atoms with van der Waals surface area (Å²) in [5.74, 6) is -0.0809. The Morgan fingerprint density at radius 2 is 1.85 bits per heavy atom. The van der Waals surface area contributed by atoms with Crippen molar-refractivity contribution < 1.29 is 28.2 Å². The second-order valence-corrected chi connectivity index (χ2v) is 10.0.